The summed E-state index contributed by atoms with van der Waals surface area (Å²) in [5.74, 6) is -0.566. The molecule has 0 spiro atoms. The Labute approximate surface area is 76.3 Å². The van der Waals surface area contributed by atoms with Crippen molar-refractivity contribution in [1.29, 1.82) is 0 Å². The first-order chi connectivity index (χ1) is 6.20. The fourth-order valence-electron chi connectivity index (χ4n) is 2.48. The van der Waals surface area contributed by atoms with Crippen LogP contribution in [0.25, 0.3) is 0 Å². The van der Waals surface area contributed by atoms with Gasteiger partial charge in [-0.25, -0.2) is 0 Å². The van der Waals surface area contributed by atoms with Gasteiger partial charge < -0.3 is 10.4 Å². The quantitative estimate of drug-likeness (QED) is 0.601. The van der Waals surface area contributed by atoms with Crippen molar-refractivity contribution in [2.45, 2.75) is 25.3 Å². The Morgan fingerprint density at radius 1 is 1.54 bits per heavy atom. The molecule has 3 atom stereocenters. The highest BCUT2D eigenvalue weighted by atomic mass is 16.4. The first-order valence-corrected chi connectivity index (χ1v) is 4.69. The first-order valence-electron chi connectivity index (χ1n) is 4.69. The van der Waals surface area contributed by atoms with Gasteiger partial charge >= 0.3 is 5.97 Å². The summed E-state index contributed by atoms with van der Waals surface area (Å²) >= 11 is 0. The Kier molecular flexibility index (Phi) is 2.07. The predicted molar refractivity (Wildman–Crippen MR) is 45.3 cm³/mol. The van der Waals surface area contributed by atoms with E-state index in [4.69, 9.17) is 5.11 Å². The van der Waals surface area contributed by atoms with Crippen molar-refractivity contribution in [3.63, 3.8) is 0 Å². The van der Waals surface area contributed by atoms with Crippen LogP contribution in [0.2, 0.25) is 0 Å². The fraction of sp³-hybridized carbons (Fsp3) is 0.778. The molecule has 2 rings (SSSR count). The van der Waals surface area contributed by atoms with Crippen LogP contribution in [-0.2, 0) is 9.59 Å². The summed E-state index contributed by atoms with van der Waals surface area (Å²) in [5.41, 5.74) is 0. The molecule has 2 aliphatic rings. The maximum Gasteiger partial charge on any atom is 0.321 e. The molecule has 1 aliphatic heterocycles. The number of carboxylic acids is 1. The third kappa shape index (κ3) is 1.35. The summed E-state index contributed by atoms with van der Waals surface area (Å²) in [6.45, 7) is 0.556. The molecule has 0 amide bonds. The largest absolute Gasteiger partial charge is 0.480 e. The molecular weight excluding hydrogens is 170 g/mol. The predicted octanol–water partition coefficient (Wildman–Crippen LogP) is 0.0282. The SMILES string of the molecule is O=C1CCCC2C1CNC2C(=O)O. The lowest BCUT2D eigenvalue weighted by Crippen LogP contribution is -2.37. The number of carbonyl (C=O) groups excluding carboxylic acids is 1. The molecule has 3 unspecified atom stereocenters. The zero-order valence-electron chi connectivity index (χ0n) is 7.32. The Morgan fingerprint density at radius 3 is 3.00 bits per heavy atom. The van der Waals surface area contributed by atoms with Gasteiger partial charge in [0.05, 0.1) is 0 Å². The molecule has 1 saturated carbocycles. The van der Waals surface area contributed by atoms with Crippen LogP contribution < -0.4 is 5.32 Å². The van der Waals surface area contributed by atoms with E-state index in [2.05, 4.69) is 5.32 Å². The van der Waals surface area contributed by atoms with Gasteiger partial charge in [0, 0.05) is 18.9 Å². The number of hydrogen-bond donors (Lipinski definition) is 2. The Balaban J connectivity index is 2.14. The van der Waals surface area contributed by atoms with E-state index in [1.165, 1.54) is 0 Å². The van der Waals surface area contributed by atoms with Crippen LogP contribution in [0.1, 0.15) is 19.3 Å². The van der Waals surface area contributed by atoms with Crippen LogP contribution in [0.5, 0.6) is 0 Å². The lowest BCUT2D eigenvalue weighted by molar-refractivity contribution is -0.140. The van der Waals surface area contributed by atoms with Gasteiger partial charge in [-0.1, -0.05) is 0 Å². The monoisotopic (exact) mass is 183 g/mol. The fourth-order valence-corrected chi connectivity index (χ4v) is 2.48. The van der Waals surface area contributed by atoms with Gasteiger partial charge in [-0.2, -0.15) is 0 Å². The Bertz CT molecular complexity index is 245. The molecule has 4 nitrogen and oxygen atoms in total. The zero-order chi connectivity index (χ0) is 9.42. The first kappa shape index (κ1) is 8.69. The van der Waals surface area contributed by atoms with E-state index in [9.17, 15) is 9.59 Å². The van der Waals surface area contributed by atoms with Crippen molar-refractivity contribution in [1.82, 2.24) is 5.32 Å². The Morgan fingerprint density at radius 2 is 2.31 bits per heavy atom. The Hall–Kier alpha value is -0.900. The molecule has 72 valence electrons. The number of carbonyl (C=O) groups is 2. The minimum Gasteiger partial charge on any atom is -0.480 e. The van der Waals surface area contributed by atoms with Crippen LogP contribution in [0.4, 0.5) is 0 Å². The number of ketones is 1. The number of rotatable bonds is 1. The highest BCUT2D eigenvalue weighted by Crippen LogP contribution is 2.33. The second kappa shape index (κ2) is 3.10. The van der Waals surface area contributed by atoms with Crippen LogP contribution in [0.3, 0.4) is 0 Å². The van der Waals surface area contributed by atoms with Crippen LogP contribution in [0.15, 0.2) is 0 Å². The van der Waals surface area contributed by atoms with E-state index in [0.717, 1.165) is 12.8 Å². The van der Waals surface area contributed by atoms with Crippen molar-refractivity contribution in [2.75, 3.05) is 6.54 Å². The van der Waals surface area contributed by atoms with Crippen molar-refractivity contribution in [3.8, 4) is 0 Å². The van der Waals surface area contributed by atoms with E-state index in [1.54, 1.807) is 0 Å². The molecule has 0 aromatic carbocycles. The van der Waals surface area contributed by atoms with Gasteiger partial charge in [-0.15, -0.1) is 0 Å². The number of nitrogens with one attached hydrogen (secondary N) is 1. The summed E-state index contributed by atoms with van der Waals surface area (Å²) < 4.78 is 0. The number of carboxylic acid groups (broad SMARTS) is 1. The van der Waals surface area contributed by atoms with E-state index >= 15 is 0 Å². The minimum atomic E-state index is -0.817. The van der Waals surface area contributed by atoms with E-state index in [-0.39, 0.29) is 17.6 Å². The standard InChI is InChI=1S/C9H13NO3/c11-7-3-1-2-5-6(7)4-10-8(5)9(12)13/h5-6,8,10H,1-4H2,(H,12,13). The maximum atomic E-state index is 11.4. The molecular formula is C9H13NO3. The van der Waals surface area contributed by atoms with E-state index < -0.39 is 12.0 Å². The average molecular weight is 183 g/mol. The van der Waals surface area contributed by atoms with Gasteiger partial charge in [0.15, 0.2) is 0 Å². The van der Waals surface area contributed by atoms with Gasteiger partial charge in [0.25, 0.3) is 0 Å². The van der Waals surface area contributed by atoms with E-state index in [0.29, 0.717) is 13.0 Å². The number of fused-ring (bicyclic) bond motifs is 1. The number of hydrogen-bond acceptors (Lipinski definition) is 3. The lowest BCUT2D eigenvalue weighted by atomic mass is 9.78. The molecule has 0 aromatic heterocycles. The maximum absolute atomic E-state index is 11.4. The van der Waals surface area contributed by atoms with Gasteiger partial charge in [0.1, 0.15) is 11.8 Å². The molecule has 13 heavy (non-hydrogen) atoms. The third-order valence-electron chi connectivity index (χ3n) is 3.14. The molecule has 0 bridgehead atoms. The summed E-state index contributed by atoms with van der Waals surface area (Å²) in [6.07, 6.45) is 2.36. The molecule has 0 aromatic rings. The molecule has 2 fully saturated rings. The van der Waals surface area contributed by atoms with E-state index in [1.807, 2.05) is 0 Å². The smallest absolute Gasteiger partial charge is 0.321 e. The summed E-state index contributed by atoms with van der Waals surface area (Å²) in [4.78, 5) is 22.2. The topological polar surface area (TPSA) is 66.4 Å². The van der Waals surface area contributed by atoms with Gasteiger partial charge in [-0.05, 0) is 18.8 Å². The van der Waals surface area contributed by atoms with Crippen molar-refractivity contribution >= 4 is 11.8 Å². The molecule has 4 heteroatoms. The second-order valence-corrected chi connectivity index (χ2v) is 3.85. The molecule has 2 N–H and O–H groups in total. The molecule has 0 radical (unpaired) electrons. The van der Waals surface area contributed by atoms with Crippen LogP contribution in [0, 0.1) is 11.8 Å². The zero-order valence-corrected chi connectivity index (χ0v) is 7.32. The third-order valence-corrected chi connectivity index (χ3v) is 3.14. The lowest BCUT2D eigenvalue weighted by Gasteiger charge is -2.24. The minimum absolute atomic E-state index is 0.0325. The van der Waals surface area contributed by atoms with Gasteiger partial charge in [0.2, 0.25) is 0 Å². The molecule has 1 heterocycles. The van der Waals surface area contributed by atoms with Crippen LogP contribution >= 0.6 is 0 Å². The second-order valence-electron chi connectivity index (χ2n) is 3.85. The van der Waals surface area contributed by atoms with Crippen molar-refractivity contribution in [3.05, 3.63) is 0 Å². The molecule has 1 aliphatic carbocycles. The highest BCUT2D eigenvalue weighted by molar-refractivity contribution is 5.85. The van der Waals surface area contributed by atoms with Crippen LogP contribution in [-0.4, -0.2) is 29.4 Å². The average Bonchev–Trinajstić information content (AvgIpc) is 2.48. The number of Topliss-reactive ketones (excluding diaryl/α,β-unsaturated/α-hetero) is 1. The normalized spacial score (nSPS) is 38.8. The summed E-state index contributed by atoms with van der Waals surface area (Å²) in [5, 5.41) is 11.8. The summed E-state index contributed by atoms with van der Waals surface area (Å²) in [7, 11) is 0. The van der Waals surface area contributed by atoms with Crippen molar-refractivity contribution < 1.29 is 14.7 Å². The van der Waals surface area contributed by atoms with Gasteiger partial charge in [-0.3, -0.25) is 9.59 Å². The number of aliphatic carboxylic acids is 1. The highest BCUT2D eigenvalue weighted by Gasteiger charge is 2.44. The molecule has 1 saturated heterocycles. The summed E-state index contributed by atoms with van der Waals surface area (Å²) in [6, 6.07) is -0.491. The van der Waals surface area contributed by atoms with Crippen molar-refractivity contribution in [2.24, 2.45) is 11.8 Å².